The van der Waals surface area contributed by atoms with Gasteiger partial charge in [0.15, 0.2) is 0 Å². The Kier molecular flexibility index (Phi) is 3.63. The van der Waals surface area contributed by atoms with E-state index in [9.17, 15) is 0 Å². The number of para-hydroxylation sites is 1. The highest BCUT2D eigenvalue weighted by atomic mass is 127. The summed E-state index contributed by atoms with van der Waals surface area (Å²) in [5.74, 6) is 1.24. The molecule has 0 aliphatic carbocycles. The summed E-state index contributed by atoms with van der Waals surface area (Å²) in [5.41, 5.74) is 3.83. The van der Waals surface area contributed by atoms with E-state index >= 15 is 0 Å². The maximum Gasteiger partial charge on any atom is 0.573 e. The molecule has 0 spiro atoms. The molecule has 1 aromatic carbocycles. The van der Waals surface area contributed by atoms with Gasteiger partial charge in [0.05, 0.1) is 0 Å². The molecule has 3 nitrogen and oxygen atoms in total. The molecule has 2 heterocycles. The van der Waals surface area contributed by atoms with Crippen LogP contribution in [0.1, 0.15) is 5.56 Å². The Balaban J connectivity index is 2.22. The van der Waals surface area contributed by atoms with Crippen LogP contribution >= 0.6 is 45.2 Å². The Morgan fingerprint density at radius 1 is 1.11 bits per heavy atom. The summed E-state index contributed by atoms with van der Waals surface area (Å²) >= 11 is 4.83. The third-order valence-electron chi connectivity index (χ3n) is 3.42. The molecule has 1 aliphatic rings. The summed E-state index contributed by atoms with van der Waals surface area (Å²) in [6.07, 6.45) is 2.09. The van der Waals surface area contributed by atoms with E-state index in [1.54, 1.807) is 0 Å². The Hall–Kier alpha value is -0.505. The van der Waals surface area contributed by atoms with Crippen LogP contribution in [-0.4, -0.2) is 11.9 Å². The van der Waals surface area contributed by atoms with E-state index in [0.29, 0.717) is 0 Å². The smallest absolute Gasteiger partial charge is 0.361 e. The van der Waals surface area contributed by atoms with Crippen LogP contribution in [0.15, 0.2) is 42.6 Å². The van der Waals surface area contributed by atoms with Crippen LogP contribution in [0.2, 0.25) is 0 Å². The lowest BCUT2D eigenvalue weighted by Crippen LogP contribution is -2.40. The Bertz CT molecular complexity index is 635. The minimum Gasteiger partial charge on any atom is -0.361 e. The van der Waals surface area contributed by atoms with Crippen LogP contribution < -0.4 is 12.4 Å². The molecule has 0 unspecified atom stereocenters. The average Bonchev–Trinajstić information content (AvgIpc) is 2.65. The number of hydrogen-bond acceptors (Lipinski definition) is 2. The number of nitrogens with zero attached hydrogens (tertiary/aromatic N) is 3. The van der Waals surface area contributed by atoms with Gasteiger partial charge in [0.25, 0.3) is 5.82 Å². The molecule has 3 rings (SSSR count). The molecule has 1 aromatic heterocycles. The number of pyridine rings is 1. The number of aromatic nitrogens is 1. The number of aryl methyl sites for hydroxylation is 1. The molecule has 0 saturated heterocycles. The fraction of sp³-hybridized carbons (Fsp3) is 0.154. The third-order valence-corrected chi connectivity index (χ3v) is 5.59. The van der Waals surface area contributed by atoms with E-state index in [4.69, 9.17) is 0 Å². The first kappa shape index (κ1) is 13.5. The first-order chi connectivity index (χ1) is 9.11. The van der Waals surface area contributed by atoms with Crippen molar-refractivity contribution in [3.63, 3.8) is 0 Å². The maximum atomic E-state index is 2.49. The van der Waals surface area contributed by atoms with Crippen LogP contribution in [-0.2, 0) is 0 Å². The summed E-state index contributed by atoms with van der Waals surface area (Å²) in [6, 6.07) is 12.8. The molecule has 6 heteroatoms. The zero-order valence-electron chi connectivity index (χ0n) is 10.7. The monoisotopic (exact) mass is 476 g/mol. The fourth-order valence-corrected chi connectivity index (χ4v) is 3.95. The lowest BCUT2D eigenvalue weighted by atomic mass is 10.0. The SMILES string of the molecule is Cc1ccccc1N1B(I)N(C)c2ccc[n+](I)c21. The van der Waals surface area contributed by atoms with Gasteiger partial charge in [0.1, 0.15) is 17.6 Å². The van der Waals surface area contributed by atoms with Crippen LogP contribution in [0, 0.1) is 6.92 Å². The lowest BCUT2D eigenvalue weighted by Gasteiger charge is -2.17. The summed E-state index contributed by atoms with van der Waals surface area (Å²) < 4.78 is 2.16. The van der Waals surface area contributed by atoms with Crippen LogP contribution in [0.4, 0.5) is 17.2 Å². The number of anilines is 3. The van der Waals surface area contributed by atoms with Gasteiger partial charge < -0.3 is 4.81 Å². The van der Waals surface area contributed by atoms with Crippen molar-refractivity contribution in [3.05, 3.63) is 48.2 Å². The second-order valence-electron chi connectivity index (χ2n) is 4.61. The molecule has 96 valence electrons. The predicted molar refractivity (Wildman–Crippen MR) is 97.6 cm³/mol. The number of rotatable bonds is 1. The quantitative estimate of drug-likeness (QED) is 0.462. The van der Waals surface area contributed by atoms with Crippen molar-refractivity contribution in [3.8, 4) is 0 Å². The van der Waals surface area contributed by atoms with Crippen LogP contribution in [0.5, 0.6) is 0 Å². The predicted octanol–water partition coefficient (Wildman–Crippen LogP) is 3.49. The Labute approximate surface area is 141 Å². The molecule has 1 aliphatic heterocycles. The van der Waals surface area contributed by atoms with Crippen LogP contribution in [0.3, 0.4) is 0 Å². The van der Waals surface area contributed by atoms with E-state index in [-0.39, 0.29) is 4.84 Å². The molecule has 2 aromatic rings. The molecule has 19 heavy (non-hydrogen) atoms. The Morgan fingerprint density at radius 2 is 1.79 bits per heavy atom. The number of fused-ring (bicyclic) bond motifs is 1. The first-order valence-electron chi connectivity index (χ1n) is 6.04. The summed E-state index contributed by atoms with van der Waals surface area (Å²) in [6.45, 7) is 2.16. The number of hydrogen-bond donors (Lipinski definition) is 0. The van der Waals surface area contributed by atoms with Gasteiger partial charge >= 0.3 is 4.84 Å². The molecule has 0 N–H and O–H groups in total. The van der Waals surface area contributed by atoms with Gasteiger partial charge in [-0.3, -0.25) is 4.81 Å². The Morgan fingerprint density at radius 3 is 2.53 bits per heavy atom. The van der Waals surface area contributed by atoms with Gasteiger partial charge in [-0.05, 0) is 37.7 Å². The van der Waals surface area contributed by atoms with Crippen molar-refractivity contribution >= 4 is 67.3 Å². The number of benzene rings is 1. The molecular weight excluding hydrogens is 463 g/mol. The minimum absolute atomic E-state index is 0.289. The molecule has 0 atom stereocenters. The zero-order chi connectivity index (χ0) is 13.6. The third kappa shape index (κ3) is 2.12. The van der Waals surface area contributed by atoms with E-state index in [1.807, 2.05) is 0 Å². The second kappa shape index (κ2) is 5.12. The molecule has 0 saturated carbocycles. The highest BCUT2D eigenvalue weighted by Crippen LogP contribution is 2.42. The van der Waals surface area contributed by atoms with Gasteiger partial charge in [-0.2, -0.15) is 2.78 Å². The molecular formula is C13H13BI2N3+. The fourth-order valence-electron chi connectivity index (χ4n) is 2.42. The first-order valence-corrected chi connectivity index (χ1v) is 8.25. The van der Waals surface area contributed by atoms with Gasteiger partial charge in [0, 0.05) is 0 Å². The van der Waals surface area contributed by atoms with Crippen molar-refractivity contribution in [1.29, 1.82) is 0 Å². The lowest BCUT2D eigenvalue weighted by molar-refractivity contribution is -0.423. The summed E-state index contributed by atoms with van der Waals surface area (Å²) in [7, 11) is 2.14. The summed E-state index contributed by atoms with van der Waals surface area (Å²) in [4.78, 5) is 4.98. The summed E-state index contributed by atoms with van der Waals surface area (Å²) in [5, 5.41) is 0. The highest BCUT2D eigenvalue weighted by molar-refractivity contribution is 14.1. The van der Waals surface area contributed by atoms with Gasteiger partial charge in [-0.25, -0.2) is 0 Å². The van der Waals surface area contributed by atoms with E-state index in [2.05, 4.69) is 114 Å². The van der Waals surface area contributed by atoms with E-state index < -0.39 is 0 Å². The van der Waals surface area contributed by atoms with Crippen molar-refractivity contribution in [1.82, 2.24) is 0 Å². The average molecular weight is 476 g/mol. The standard InChI is InChI=1S/C13H13BI2N3/c1-10-6-3-4-7-11(10)19-13-12(17(2)14(19)15)8-5-9-18(13)16/h3-9H,1-2H3/q+1. The topological polar surface area (TPSA) is 10.4 Å². The van der Waals surface area contributed by atoms with Crippen molar-refractivity contribution in [2.75, 3.05) is 16.7 Å². The maximum absolute atomic E-state index is 2.49. The van der Waals surface area contributed by atoms with Gasteiger partial charge in [0.2, 0.25) is 22.9 Å². The second-order valence-corrected chi connectivity index (χ2v) is 6.76. The largest absolute Gasteiger partial charge is 0.573 e. The number of halogens is 2. The van der Waals surface area contributed by atoms with Gasteiger partial charge in [-0.15, -0.1) is 0 Å². The minimum atomic E-state index is 0.289. The van der Waals surface area contributed by atoms with Crippen molar-refractivity contribution in [2.45, 2.75) is 6.92 Å². The zero-order valence-corrected chi connectivity index (χ0v) is 15.0. The molecule has 0 fully saturated rings. The normalized spacial score (nSPS) is 14.0. The van der Waals surface area contributed by atoms with E-state index in [1.165, 1.54) is 22.8 Å². The highest BCUT2D eigenvalue weighted by Gasteiger charge is 2.48. The van der Waals surface area contributed by atoms with Crippen molar-refractivity contribution < 1.29 is 2.78 Å². The van der Waals surface area contributed by atoms with Crippen molar-refractivity contribution in [2.24, 2.45) is 0 Å². The molecule has 0 bridgehead atoms. The molecule has 0 radical (unpaired) electrons. The van der Waals surface area contributed by atoms with E-state index in [0.717, 1.165) is 0 Å². The van der Waals surface area contributed by atoms with Gasteiger partial charge in [-0.1, -0.05) is 40.6 Å². The molecule has 0 amide bonds. The van der Waals surface area contributed by atoms with Crippen LogP contribution in [0.25, 0.3) is 0 Å².